The number of nitrogens with one attached hydrogen (secondary N) is 3. The normalized spacial score (nSPS) is 18.2. The van der Waals surface area contributed by atoms with Gasteiger partial charge in [0, 0.05) is 12.2 Å². The molecule has 204 valence electrons. The van der Waals surface area contributed by atoms with Crippen molar-refractivity contribution in [2.24, 2.45) is 0 Å². The summed E-state index contributed by atoms with van der Waals surface area (Å²) in [6.45, 7) is 1.91. The average molecular weight is 558 g/mol. The first-order valence-corrected chi connectivity index (χ1v) is 13.9. The van der Waals surface area contributed by atoms with E-state index in [1.165, 1.54) is 11.3 Å². The van der Waals surface area contributed by atoms with Crippen LogP contribution in [-0.2, 0) is 0 Å². The molecule has 0 unspecified atom stereocenters. The summed E-state index contributed by atoms with van der Waals surface area (Å²) in [7, 11) is 0. The Balaban J connectivity index is 1.31. The topological polar surface area (TPSA) is 133 Å². The molecule has 3 heterocycles. The van der Waals surface area contributed by atoms with E-state index in [9.17, 15) is 19.5 Å². The van der Waals surface area contributed by atoms with Crippen LogP contribution in [0.3, 0.4) is 0 Å². The first-order valence-electron chi connectivity index (χ1n) is 13.1. The summed E-state index contributed by atoms with van der Waals surface area (Å²) in [6.07, 6.45) is 3.63. The quantitative estimate of drug-likeness (QED) is 0.217. The number of aryl methyl sites for hydroxylation is 1. The summed E-state index contributed by atoms with van der Waals surface area (Å²) < 4.78 is 5.95. The van der Waals surface area contributed by atoms with Gasteiger partial charge >= 0.3 is 12.1 Å². The second kappa shape index (κ2) is 10.5. The Morgan fingerprint density at radius 1 is 1.02 bits per heavy atom. The number of nitrogens with zero attached hydrogens (tertiary/aromatic N) is 2. The smallest absolute Gasteiger partial charge is 0.404 e. The summed E-state index contributed by atoms with van der Waals surface area (Å²) in [4.78, 5) is 45.2. The van der Waals surface area contributed by atoms with Crippen LogP contribution in [-0.4, -0.2) is 40.2 Å². The molecular weight excluding hydrogens is 530 g/mol. The Kier molecular flexibility index (Phi) is 6.72. The van der Waals surface area contributed by atoms with Crippen LogP contribution in [0.15, 0.2) is 60.8 Å². The van der Waals surface area contributed by atoms with E-state index in [2.05, 4.69) is 20.9 Å². The molecule has 2 aromatic heterocycles. The SMILES string of the molecule is Cc1cc(Oc2ccccc2)ccc1N1C(=O)Nc2c(C(=O)N[C@@H]3CCCC[C@H]3NC(=O)O)sc3nccc1c23. The number of hydrogen-bond donors (Lipinski definition) is 4. The van der Waals surface area contributed by atoms with Gasteiger partial charge in [-0.05, 0) is 61.7 Å². The van der Waals surface area contributed by atoms with Crippen LogP contribution in [0.2, 0.25) is 0 Å². The van der Waals surface area contributed by atoms with Gasteiger partial charge in [-0.1, -0.05) is 31.0 Å². The lowest BCUT2D eigenvalue weighted by molar-refractivity contribution is 0.0917. The zero-order valence-electron chi connectivity index (χ0n) is 21.6. The van der Waals surface area contributed by atoms with Crippen molar-refractivity contribution in [1.82, 2.24) is 15.6 Å². The molecule has 2 aromatic carbocycles. The van der Waals surface area contributed by atoms with Gasteiger partial charge in [-0.2, -0.15) is 0 Å². The second-order valence-electron chi connectivity index (χ2n) is 9.87. The Morgan fingerprint density at radius 2 is 1.77 bits per heavy atom. The highest BCUT2D eigenvalue weighted by molar-refractivity contribution is 7.21. The van der Waals surface area contributed by atoms with Crippen LogP contribution in [0, 0.1) is 6.92 Å². The number of rotatable bonds is 6. The lowest BCUT2D eigenvalue weighted by atomic mass is 9.90. The number of pyridine rings is 1. The van der Waals surface area contributed by atoms with Crippen LogP contribution in [0.4, 0.5) is 26.7 Å². The lowest BCUT2D eigenvalue weighted by Crippen LogP contribution is -2.52. The van der Waals surface area contributed by atoms with E-state index in [1.54, 1.807) is 17.2 Å². The van der Waals surface area contributed by atoms with E-state index in [-0.39, 0.29) is 18.0 Å². The monoisotopic (exact) mass is 557 g/mol. The Hall–Kier alpha value is -4.64. The predicted octanol–water partition coefficient (Wildman–Crippen LogP) is 6.39. The number of amides is 4. The molecule has 6 rings (SSSR count). The molecule has 4 amide bonds. The highest BCUT2D eigenvalue weighted by Crippen LogP contribution is 2.46. The number of thiophene rings is 1. The molecule has 11 heteroatoms. The molecule has 10 nitrogen and oxygen atoms in total. The Labute approximate surface area is 234 Å². The predicted molar refractivity (Wildman–Crippen MR) is 153 cm³/mol. The molecule has 1 aliphatic carbocycles. The number of anilines is 3. The average Bonchev–Trinajstić information content (AvgIpc) is 3.30. The molecule has 1 fully saturated rings. The maximum Gasteiger partial charge on any atom is 0.404 e. The molecule has 0 saturated heterocycles. The van der Waals surface area contributed by atoms with Crippen molar-refractivity contribution in [3.05, 3.63) is 71.2 Å². The number of para-hydroxylation sites is 1. The van der Waals surface area contributed by atoms with E-state index in [1.807, 2.05) is 55.5 Å². The lowest BCUT2D eigenvalue weighted by Gasteiger charge is -2.32. The van der Waals surface area contributed by atoms with Crippen molar-refractivity contribution in [3.63, 3.8) is 0 Å². The van der Waals surface area contributed by atoms with Gasteiger partial charge in [0.1, 0.15) is 21.2 Å². The first-order chi connectivity index (χ1) is 19.4. The number of aromatic nitrogens is 1. The number of urea groups is 1. The third kappa shape index (κ3) is 4.79. The first kappa shape index (κ1) is 25.6. The fourth-order valence-electron chi connectivity index (χ4n) is 5.42. The summed E-state index contributed by atoms with van der Waals surface area (Å²) in [6, 6.07) is 15.7. The van der Waals surface area contributed by atoms with Crippen molar-refractivity contribution in [2.75, 3.05) is 10.2 Å². The van der Waals surface area contributed by atoms with Gasteiger partial charge in [0.2, 0.25) is 0 Å². The maximum absolute atomic E-state index is 13.5. The van der Waals surface area contributed by atoms with Gasteiger partial charge in [-0.15, -0.1) is 11.3 Å². The highest BCUT2D eigenvalue weighted by atomic mass is 32.1. The van der Waals surface area contributed by atoms with E-state index in [4.69, 9.17) is 4.74 Å². The van der Waals surface area contributed by atoms with Gasteiger partial charge < -0.3 is 25.8 Å². The van der Waals surface area contributed by atoms with Gasteiger partial charge in [-0.25, -0.2) is 14.6 Å². The van der Waals surface area contributed by atoms with Crippen LogP contribution in [0.25, 0.3) is 10.2 Å². The summed E-state index contributed by atoms with van der Waals surface area (Å²) in [5.74, 6) is 1.01. The summed E-state index contributed by atoms with van der Waals surface area (Å²) in [5.41, 5.74) is 2.56. The number of carbonyl (C=O) groups excluding carboxylic acids is 2. The number of hydrogen-bond acceptors (Lipinski definition) is 6. The highest BCUT2D eigenvalue weighted by Gasteiger charge is 2.35. The fourth-order valence-corrected chi connectivity index (χ4v) is 6.44. The van der Waals surface area contributed by atoms with Crippen molar-refractivity contribution in [2.45, 2.75) is 44.7 Å². The number of carbonyl (C=O) groups is 3. The van der Waals surface area contributed by atoms with E-state index >= 15 is 0 Å². The molecule has 0 bridgehead atoms. The minimum absolute atomic E-state index is 0.336. The van der Waals surface area contributed by atoms with Gasteiger partial charge in [0.25, 0.3) is 5.91 Å². The Morgan fingerprint density at radius 3 is 2.50 bits per heavy atom. The van der Waals surface area contributed by atoms with E-state index < -0.39 is 12.1 Å². The van der Waals surface area contributed by atoms with E-state index in [0.717, 1.165) is 18.4 Å². The molecule has 2 atom stereocenters. The largest absolute Gasteiger partial charge is 0.465 e. The van der Waals surface area contributed by atoms with Crippen LogP contribution in [0.1, 0.15) is 40.9 Å². The Bertz CT molecular complexity index is 1620. The number of carboxylic acid groups (broad SMARTS) is 1. The minimum atomic E-state index is -1.11. The van der Waals surface area contributed by atoms with Crippen LogP contribution >= 0.6 is 11.3 Å². The van der Waals surface area contributed by atoms with E-state index in [0.29, 0.717) is 56.5 Å². The zero-order valence-corrected chi connectivity index (χ0v) is 22.5. The molecule has 1 saturated carbocycles. The third-order valence-electron chi connectivity index (χ3n) is 7.23. The third-order valence-corrected chi connectivity index (χ3v) is 8.33. The molecule has 0 radical (unpaired) electrons. The molecule has 0 spiro atoms. The van der Waals surface area contributed by atoms with Crippen LogP contribution < -0.4 is 25.6 Å². The molecular formula is C29H27N5O5S. The standard InChI is InChI=1S/C29H27N5O5S/c1-16-15-18(39-17-7-3-2-4-8-17)11-12-21(16)34-22-13-14-30-27-23(22)24(33-28(34)36)25(40-27)26(35)31-19-9-5-6-10-20(19)32-29(37)38/h2-4,7-8,11-15,19-20,32H,5-6,9-10H2,1H3,(H,31,35)(H,33,36)(H,37,38)/t19-,20-/m1/s1. The van der Waals surface area contributed by atoms with Gasteiger partial charge in [0.15, 0.2) is 0 Å². The molecule has 4 N–H and O–H groups in total. The zero-order chi connectivity index (χ0) is 27.8. The number of ether oxygens (including phenoxy) is 1. The number of benzene rings is 2. The second-order valence-corrected chi connectivity index (χ2v) is 10.9. The fraction of sp³-hybridized carbons (Fsp3) is 0.241. The maximum atomic E-state index is 13.5. The van der Waals surface area contributed by atoms with Crippen molar-refractivity contribution in [3.8, 4) is 11.5 Å². The van der Waals surface area contributed by atoms with Gasteiger partial charge in [0.05, 0.1) is 28.5 Å². The summed E-state index contributed by atoms with van der Waals surface area (Å²) in [5, 5.41) is 18.3. The molecule has 1 aliphatic heterocycles. The van der Waals surface area contributed by atoms with Crippen molar-refractivity contribution >= 4 is 56.6 Å². The van der Waals surface area contributed by atoms with Gasteiger partial charge in [-0.3, -0.25) is 9.69 Å². The molecule has 2 aliphatic rings. The summed E-state index contributed by atoms with van der Waals surface area (Å²) >= 11 is 1.20. The van der Waals surface area contributed by atoms with Crippen LogP contribution in [0.5, 0.6) is 11.5 Å². The van der Waals surface area contributed by atoms with Crippen molar-refractivity contribution in [1.29, 1.82) is 0 Å². The molecule has 40 heavy (non-hydrogen) atoms. The van der Waals surface area contributed by atoms with Crippen molar-refractivity contribution < 1.29 is 24.2 Å². The molecule has 4 aromatic rings. The minimum Gasteiger partial charge on any atom is -0.465 e.